The number of benzene rings is 2. The molecule has 1 fully saturated rings. The van der Waals surface area contributed by atoms with Crippen LogP contribution in [0.25, 0.3) is 0 Å². The van der Waals surface area contributed by atoms with E-state index in [1.165, 1.54) is 12.1 Å². The van der Waals surface area contributed by atoms with Crippen LogP contribution >= 0.6 is 0 Å². The Labute approximate surface area is 248 Å². The van der Waals surface area contributed by atoms with Crippen LogP contribution in [0.5, 0.6) is 0 Å². The number of hydrogen-bond acceptors (Lipinski definition) is 5. The quantitative estimate of drug-likeness (QED) is 0.234. The van der Waals surface area contributed by atoms with E-state index in [0.717, 1.165) is 4.90 Å². The van der Waals surface area contributed by atoms with Gasteiger partial charge in [-0.2, -0.15) is 63.2 Å². The zero-order valence-electron chi connectivity index (χ0n) is 22.8. The summed E-state index contributed by atoms with van der Waals surface area (Å²) >= 11 is 0. The van der Waals surface area contributed by atoms with E-state index in [0.29, 0.717) is 49.9 Å². The van der Waals surface area contributed by atoms with Gasteiger partial charge in [0.05, 0.1) is 22.3 Å². The maximum Gasteiger partial charge on any atom is 0.416 e. The minimum absolute atomic E-state index is 0.164. The zero-order chi connectivity index (χ0) is 34.0. The highest BCUT2D eigenvalue weighted by molar-refractivity contribution is 5.41. The van der Waals surface area contributed by atoms with Crippen molar-refractivity contribution >= 4 is 0 Å². The fourth-order valence-corrected chi connectivity index (χ4v) is 4.84. The minimum atomic E-state index is -5.28. The molecule has 0 bridgehead atoms. The van der Waals surface area contributed by atoms with Gasteiger partial charge < -0.3 is 16.0 Å². The lowest BCUT2D eigenvalue weighted by atomic mass is 9.91. The molecule has 1 saturated carbocycles. The van der Waals surface area contributed by atoms with E-state index in [-0.39, 0.29) is 12.1 Å². The van der Waals surface area contributed by atoms with Crippen LogP contribution in [0.3, 0.4) is 0 Å². The Morgan fingerprint density at radius 1 is 0.667 bits per heavy atom. The van der Waals surface area contributed by atoms with Crippen molar-refractivity contribution in [2.24, 2.45) is 5.73 Å². The molecule has 45 heavy (non-hydrogen) atoms. The topological polar surface area (TPSA) is 88.9 Å². The lowest BCUT2D eigenvalue weighted by Crippen LogP contribution is -2.49. The summed E-state index contributed by atoms with van der Waals surface area (Å²) < 4.78 is 163. The van der Waals surface area contributed by atoms with Crippen molar-refractivity contribution in [3.63, 3.8) is 0 Å². The Hall–Kier alpha value is -4.12. The summed E-state index contributed by atoms with van der Waals surface area (Å²) in [5, 5.41) is 22.1. The van der Waals surface area contributed by atoms with Gasteiger partial charge in [-0.15, -0.1) is 0 Å². The highest BCUT2D eigenvalue weighted by Gasteiger charge is 2.39. The van der Waals surface area contributed by atoms with Crippen LogP contribution in [0, 0.1) is 22.7 Å². The Morgan fingerprint density at radius 3 is 1.33 bits per heavy atom. The number of hydrogen-bond donors (Lipinski definition) is 2. The fourth-order valence-electron chi connectivity index (χ4n) is 4.84. The molecule has 1 aliphatic rings. The average Bonchev–Trinajstić information content (AvgIpc) is 2.91. The second kappa shape index (κ2) is 13.1. The Morgan fingerprint density at radius 2 is 1.02 bits per heavy atom. The van der Waals surface area contributed by atoms with Crippen LogP contribution in [0.15, 0.2) is 47.8 Å². The van der Waals surface area contributed by atoms with Crippen molar-refractivity contribution in [2.75, 3.05) is 0 Å². The van der Waals surface area contributed by atoms with Gasteiger partial charge in [0.15, 0.2) is 5.57 Å². The van der Waals surface area contributed by atoms with Crippen LogP contribution in [0.2, 0.25) is 0 Å². The first kappa shape index (κ1) is 35.4. The van der Waals surface area contributed by atoms with Gasteiger partial charge in [0, 0.05) is 25.2 Å². The molecule has 0 saturated heterocycles. The van der Waals surface area contributed by atoms with Crippen molar-refractivity contribution in [1.82, 2.24) is 10.2 Å². The zero-order valence-corrected chi connectivity index (χ0v) is 22.8. The van der Waals surface area contributed by atoms with Gasteiger partial charge in [-0.3, -0.25) is 0 Å². The third-order valence-corrected chi connectivity index (χ3v) is 6.96. The Kier molecular flexibility index (Phi) is 10.3. The molecule has 2 atom stereocenters. The summed E-state index contributed by atoms with van der Waals surface area (Å²) in [4.78, 5) is 0.744. The summed E-state index contributed by atoms with van der Waals surface area (Å²) in [7, 11) is 0. The number of allylic oxidation sites excluding steroid dienone is 1. The highest BCUT2D eigenvalue weighted by atomic mass is 19.4. The van der Waals surface area contributed by atoms with Gasteiger partial charge in [-0.05, 0) is 60.4 Å². The maximum absolute atomic E-state index is 13.6. The molecular formula is C28H23F12N5. The van der Waals surface area contributed by atoms with Crippen molar-refractivity contribution in [3.8, 4) is 12.1 Å². The van der Waals surface area contributed by atoms with E-state index in [1.807, 2.05) is 0 Å². The second-order valence-electron chi connectivity index (χ2n) is 10.3. The van der Waals surface area contributed by atoms with Crippen molar-refractivity contribution < 1.29 is 52.7 Å². The molecule has 5 nitrogen and oxygen atoms in total. The van der Waals surface area contributed by atoms with Crippen molar-refractivity contribution in [3.05, 3.63) is 81.2 Å². The lowest BCUT2D eigenvalue weighted by Gasteiger charge is -2.36. The molecule has 0 aliphatic heterocycles. The number of nitrogens with two attached hydrogens (primary N) is 1. The number of nitrogens with one attached hydrogen (secondary N) is 1. The van der Waals surface area contributed by atoms with Gasteiger partial charge in [0.1, 0.15) is 18.0 Å². The monoisotopic (exact) mass is 657 g/mol. The van der Waals surface area contributed by atoms with Gasteiger partial charge in [0.25, 0.3) is 0 Å². The van der Waals surface area contributed by atoms with E-state index in [2.05, 4.69) is 5.32 Å². The molecule has 0 radical (unpaired) electrons. The van der Waals surface area contributed by atoms with Crippen LogP contribution in [-0.2, 0) is 37.8 Å². The van der Waals surface area contributed by atoms with E-state index >= 15 is 0 Å². The summed E-state index contributed by atoms with van der Waals surface area (Å²) in [5.41, 5.74) is -3.06. The first-order valence-corrected chi connectivity index (χ1v) is 13.0. The number of halogens is 12. The summed E-state index contributed by atoms with van der Waals surface area (Å²) in [6.45, 7) is -2.02. The van der Waals surface area contributed by atoms with E-state index < -0.39 is 94.7 Å². The fraction of sp³-hybridized carbons (Fsp3) is 0.429. The second-order valence-corrected chi connectivity index (χ2v) is 10.3. The predicted molar refractivity (Wildman–Crippen MR) is 134 cm³/mol. The molecule has 0 aromatic heterocycles. The number of rotatable bonds is 7. The molecule has 0 unspecified atom stereocenters. The summed E-state index contributed by atoms with van der Waals surface area (Å²) in [5.74, 6) is -0.542. The molecule has 2 aromatic carbocycles. The molecule has 1 aliphatic carbocycles. The first-order chi connectivity index (χ1) is 20.6. The van der Waals surface area contributed by atoms with Crippen molar-refractivity contribution in [1.29, 1.82) is 10.5 Å². The van der Waals surface area contributed by atoms with Gasteiger partial charge in [0.2, 0.25) is 0 Å². The molecule has 3 N–H and O–H groups in total. The van der Waals surface area contributed by atoms with Crippen LogP contribution in [0.1, 0.15) is 59.1 Å². The molecule has 3 rings (SSSR count). The number of nitriles is 2. The Bertz CT molecular complexity index is 1330. The minimum Gasteiger partial charge on any atom is -0.366 e. The third kappa shape index (κ3) is 9.20. The third-order valence-electron chi connectivity index (χ3n) is 6.96. The maximum atomic E-state index is 13.6. The van der Waals surface area contributed by atoms with Gasteiger partial charge in [-0.1, -0.05) is 12.8 Å². The smallest absolute Gasteiger partial charge is 0.366 e. The molecule has 0 amide bonds. The predicted octanol–water partition coefficient (Wildman–Crippen LogP) is 7.88. The van der Waals surface area contributed by atoms with Gasteiger partial charge >= 0.3 is 24.7 Å². The normalized spacial score (nSPS) is 17.7. The SMILES string of the molecule is N#CC(C#N)=C(N[C@@H]1CCCC[C@H]1N)N(Cc1cc(C(F)(F)F)cc(C(F)(F)F)c1)Cc1cc(C(F)(F)F)cc(C(F)(F)F)c1. The highest BCUT2D eigenvalue weighted by Crippen LogP contribution is 2.39. The number of alkyl halides is 12. The summed E-state index contributed by atoms with van der Waals surface area (Å²) in [6, 6.07) is 2.61. The molecule has 2 aromatic rings. The lowest BCUT2D eigenvalue weighted by molar-refractivity contribution is -0.144. The number of nitrogens with zero attached hydrogens (tertiary/aromatic N) is 3. The van der Waals surface area contributed by atoms with Crippen LogP contribution < -0.4 is 11.1 Å². The van der Waals surface area contributed by atoms with E-state index in [9.17, 15) is 63.2 Å². The van der Waals surface area contributed by atoms with Gasteiger partial charge in [-0.25, -0.2) is 0 Å². The van der Waals surface area contributed by atoms with E-state index in [1.54, 1.807) is 0 Å². The van der Waals surface area contributed by atoms with E-state index in [4.69, 9.17) is 5.73 Å². The largest absolute Gasteiger partial charge is 0.416 e. The standard InChI is InChI=1S/C28H23F12N5/c29-25(30,31)18-5-15(6-19(9-18)26(32,33)34)13-45(24(17(11-41)12-42)44-23-4-2-1-3-22(23)43)14-16-7-20(27(35,36)37)10-21(8-16)28(38,39)40/h5-10,22-23,44H,1-4,13-14,43H2/t22-,23-/m1/s1. The molecule has 244 valence electrons. The molecular weight excluding hydrogens is 634 g/mol. The Balaban J connectivity index is 2.27. The molecule has 0 heterocycles. The first-order valence-electron chi connectivity index (χ1n) is 13.0. The molecule has 0 spiro atoms. The van der Waals surface area contributed by atoms with Crippen LogP contribution in [0.4, 0.5) is 52.7 Å². The summed E-state index contributed by atoms with van der Waals surface area (Å²) in [6.07, 6.45) is -19.1. The van der Waals surface area contributed by atoms with Crippen LogP contribution in [-0.4, -0.2) is 17.0 Å². The molecule has 17 heteroatoms. The van der Waals surface area contributed by atoms with Crippen molar-refractivity contribution in [2.45, 2.75) is 75.6 Å². The average molecular weight is 658 g/mol.